The van der Waals surface area contributed by atoms with Gasteiger partial charge in [0.25, 0.3) is 11.1 Å². The maximum Gasteiger partial charge on any atom is 0.260 e. The predicted molar refractivity (Wildman–Crippen MR) is 166 cm³/mol. The maximum absolute atomic E-state index is 12.7. The molecule has 0 aliphatic carbocycles. The van der Waals surface area contributed by atoms with E-state index in [-0.39, 0.29) is 23.0 Å². The fourth-order valence-corrected chi connectivity index (χ4v) is 5.58. The number of nitrogen functional groups attached to an aromatic ring is 2. The molecule has 6 rings (SSSR count). The number of nitrogens with two attached hydrogens (primary N) is 2. The molecule has 13 nitrogen and oxygen atoms in total. The van der Waals surface area contributed by atoms with Crippen LogP contribution in [0.15, 0.2) is 52.6 Å². The van der Waals surface area contributed by atoms with Crippen molar-refractivity contribution in [1.82, 2.24) is 39.0 Å². The van der Waals surface area contributed by atoms with Crippen molar-refractivity contribution in [3.63, 3.8) is 0 Å². The second kappa shape index (κ2) is 11.7. The minimum Gasteiger partial charge on any atom is -0.368 e. The van der Waals surface area contributed by atoms with Crippen molar-refractivity contribution in [3.05, 3.63) is 80.0 Å². The third-order valence-electron chi connectivity index (χ3n) is 6.79. The second-order valence-corrected chi connectivity index (χ2v) is 10.5. The molecule has 0 spiro atoms. The summed E-state index contributed by atoms with van der Waals surface area (Å²) < 4.78 is 3.17. The first-order valence-electron chi connectivity index (χ1n) is 13.3. The highest BCUT2D eigenvalue weighted by Gasteiger charge is 2.16. The van der Waals surface area contributed by atoms with Gasteiger partial charge in [0.15, 0.2) is 0 Å². The van der Waals surface area contributed by atoms with Gasteiger partial charge in [-0.25, -0.2) is 19.9 Å². The highest BCUT2D eigenvalue weighted by molar-refractivity contribution is 7.16. The van der Waals surface area contributed by atoms with Crippen molar-refractivity contribution in [2.45, 2.75) is 40.8 Å². The van der Waals surface area contributed by atoms with Crippen molar-refractivity contribution in [1.29, 1.82) is 5.26 Å². The fraction of sp³-hybridized carbons (Fsp3) is 0.207. The van der Waals surface area contributed by atoms with E-state index in [2.05, 4.69) is 36.0 Å². The van der Waals surface area contributed by atoms with E-state index < -0.39 is 0 Å². The van der Waals surface area contributed by atoms with Crippen LogP contribution in [0, 0.1) is 25.2 Å². The summed E-state index contributed by atoms with van der Waals surface area (Å²) in [5.41, 5.74) is 15.4. The molecule has 0 fully saturated rings. The number of nitriles is 1. The smallest absolute Gasteiger partial charge is 0.260 e. The van der Waals surface area contributed by atoms with Crippen LogP contribution in [0.5, 0.6) is 0 Å². The molecule has 14 heteroatoms. The Balaban J connectivity index is 0.000000171. The monoisotopic (exact) mass is 593 g/mol. The number of thiophene rings is 1. The Hall–Kier alpha value is -5.55. The summed E-state index contributed by atoms with van der Waals surface area (Å²) in [5.74, 6) is 0.319. The van der Waals surface area contributed by atoms with Crippen LogP contribution >= 0.6 is 11.3 Å². The highest BCUT2D eigenvalue weighted by Crippen LogP contribution is 2.28. The molecule has 0 saturated heterocycles. The molecule has 4 N–H and O–H groups in total. The lowest BCUT2D eigenvalue weighted by Gasteiger charge is -2.11. The van der Waals surface area contributed by atoms with E-state index in [4.69, 9.17) is 16.7 Å². The number of hydrogen-bond donors (Lipinski definition) is 2. The van der Waals surface area contributed by atoms with Gasteiger partial charge >= 0.3 is 0 Å². The Labute approximate surface area is 249 Å². The van der Waals surface area contributed by atoms with Gasteiger partial charge in [0.05, 0.1) is 22.5 Å². The molecule has 0 atom stereocenters. The normalized spacial score (nSPS) is 10.9. The Bertz CT molecular complexity index is 2160. The number of fused-ring (bicyclic) bond motifs is 2. The number of anilines is 2. The van der Waals surface area contributed by atoms with Crippen LogP contribution in [0.2, 0.25) is 0 Å². The second-order valence-electron chi connectivity index (χ2n) is 9.43. The van der Waals surface area contributed by atoms with Gasteiger partial charge in [-0.05, 0) is 52.0 Å². The average molecular weight is 594 g/mol. The van der Waals surface area contributed by atoms with E-state index in [1.54, 1.807) is 45.8 Å². The van der Waals surface area contributed by atoms with Gasteiger partial charge in [-0.1, -0.05) is 0 Å². The molecule has 0 aliphatic rings. The third kappa shape index (κ3) is 5.41. The predicted octanol–water partition coefficient (Wildman–Crippen LogP) is 3.46. The number of hydrogen-bond acceptors (Lipinski definition) is 12. The Morgan fingerprint density at radius 3 is 1.81 bits per heavy atom. The van der Waals surface area contributed by atoms with Crippen molar-refractivity contribution < 1.29 is 0 Å². The Morgan fingerprint density at radius 1 is 0.814 bits per heavy atom. The molecule has 0 radical (unpaired) electrons. The number of aromatic nitrogens is 8. The lowest BCUT2D eigenvalue weighted by molar-refractivity contribution is 0.750. The molecule has 6 heterocycles. The number of rotatable bonds is 4. The zero-order valence-corrected chi connectivity index (χ0v) is 24.7. The summed E-state index contributed by atoms with van der Waals surface area (Å²) in [5, 5.41) is 10.5. The van der Waals surface area contributed by atoms with Gasteiger partial charge in [-0.3, -0.25) is 18.7 Å². The van der Waals surface area contributed by atoms with Gasteiger partial charge in [-0.2, -0.15) is 15.2 Å². The maximum atomic E-state index is 12.7. The van der Waals surface area contributed by atoms with Crippen LogP contribution in [0.4, 0.5) is 11.9 Å². The van der Waals surface area contributed by atoms with E-state index in [0.29, 0.717) is 46.0 Å². The van der Waals surface area contributed by atoms with Gasteiger partial charge in [0.2, 0.25) is 11.9 Å². The molecular weight excluding hydrogens is 566 g/mol. The van der Waals surface area contributed by atoms with Gasteiger partial charge in [-0.15, -0.1) is 11.3 Å². The van der Waals surface area contributed by atoms with E-state index in [1.807, 2.05) is 27.7 Å². The van der Waals surface area contributed by atoms with Crippen LogP contribution in [-0.4, -0.2) is 39.0 Å². The summed E-state index contributed by atoms with van der Waals surface area (Å²) in [6, 6.07) is 9.15. The first kappa shape index (κ1) is 29.0. The van der Waals surface area contributed by atoms with Gasteiger partial charge in [0, 0.05) is 46.7 Å². The summed E-state index contributed by atoms with van der Waals surface area (Å²) in [6.07, 6.45) is 4.66. The van der Waals surface area contributed by atoms with Crippen molar-refractivity contribution in [3.8, 4) is 27.6 Å². The molecule has 216 valence electrons. The first-order chi connectivity index (χ1) is 20.7. The van der Waals surface area contributed by atoms with Crippen LogP contribution in [-0.2, 0) is 13.1 Å². The molecule has 43 heavy (non-hydrogen) atoms. The molecule has 0 amide bonds. The summed E-state index contributed by atoms with van der Waals surface area (Å²) in [6.45, 7) is 8.43. The van der Waals surface area contributed by atoms with Crippen molar-refractivity contribution >= 4 is 45.3 Å². The van der Waals surface area contributed by atoms with Gasteiger partial charge < -0.3 is 11.5 Å². The molecule has 0 saturated carbocycles. The van der Waals surface area contributed by atoms with Crippen LogP contribution < -0.4 is 22.6 Å². The minimum absolute atomic E-state index is 0.140. The van der Waals surface area contributed by atoms with Gasteiger partial charge in [0.1, 0.15) is 28.6 Å². The van der Waals surface area contributed by atoms with Crippen LogP contribution in [0.25, 0.3) is 43.6 Å². The van der Waals surface area contributed by atoms with Crippen molar-refractivity contribution in [2.75, 3.05) is 11.5 Å². The number of aryl methyl sites for hydroxylation is 4. The zero-order chi connectivity index (χ0) is 30.8. The van der Waals surface area contributed by atoms with Crippen LogP contribution in [0.3, 0.4) is 0 Å². The largest absolute Gasteiger partial charge is 0.368 e. The topological polar surface area (TPSA) is 197 Å². The molecule has 0 unspecified atom stereocenters. The number of pyridine rings is 2. The number of nitrogens with zero attached hydrogens (tertiary/aromatic N) is 9. The molecule has 0 aliphatic heterocycles. The van der Waals surface area contributed by atoms with E-state index >= 15 is 0 Å². The molecule has 0 aromatic carbocycles. The summed E-state index contributed by atoms with van der Waals surface area (Å²) in [7, 11) is 0. The average Bonchev–Trinajstić information content (AvgIpc) is 3.47. The summed E-state index contributed by atoms with van der Waals surface area (Å²) >= 11 is 1.30. The van der Waals surface area contributed by atoms with E-state index in [0.717, 1.165) is 27.0 Å². The van der Waals surface area contributed by atoms with E-state index in [1.165, 1.54) is 17.7 Å². The molecular formula is C29H27N11O2S. The lowest BCUT2D eigenvalue weighted by Crippen LogP contribution is -2.23. The standard InChI is InChI=1S/C15H13N5OS.C14H14N6O/c1-3-20-13-10(8(2)18-15(17)19-13)6-11(14(20)21)12-5-4-9(7-16)22-12;1-3-20-12-10(8(2)18-14(15)19-12)4-11(13(20)21)9-5-16-7-17-6-9/h4-6H,3H2,1-2H3,(H2,17,18,19);4-7H,3H2,1-2H3,(H2,15,18,19). The first-order valence-corrected chi connectivity index (χ1v) is 14.1. The lowest BCUT2D eigenvalue weighted by atomic mass is 10.1. The summed E-state index contributed by atoms with van der Waals surface area (Å²) in [4.78, 5) is 51.4. The molecule has 0 bridgehead atoms. The zero-order valence-electron chi connectivity index (χ0n) is 23.9. The van der Waals surface area contributed by atoms with Crippen molar-refractivity contribution in [2.24, 2.45) is 0 Å². The SMILES string of the molecule is CCn1c(=O)c(-c2ccc(C#N)s2)cc2c(C)nc(N)nc21.CCn1c(=O)c(-c2cncnc2)cc2c(C)nc(N)nc21. The third-order valence-corrected chi connectivity index (χ3v) is 7.82. The van der Waals surface area contributed by atoms with E-state index in [9.17, 15) is 9.59 Å². The highest BCUT2D eigenvalue weighted by atomic mass is 32.1. The Kier molecular flexibility index (Phi) is 7.91. The minimum atomic E-state index is -0.141. The molecule has 6 aromatic heterocycles. The fourth-order valence-electron chi connectivity index (χ4n) is 4.77. The molecule has 6 aromatic rings. The Morgan fingerprint density at radius 2 is 1.33 bits per heavy atom. The van der Waals surface area contributed by atoms with Crippen LogP contribution in [0.1, 0.15) is 30.1 Å². The quantitative estimate of drug-likeness (QED) is 0.303.